The number of rotatable bonds is 2. The van der Waals surface area contributed by atoms with Crippen LogP contribution in [0, 0.1) is 23.7 Å². The van der Waals surface area contributed by atoms with Gasteiger partial charge in [0.1, 0.15) is 6.07 Å². The van der Waals surface area contributed by atoms with Gasteiger partial charge in [-0.15, -0.1) is 0 Å². The number of nitriles is 1. The van der Waals surface area contributed by atoms with Gasteiger partial charge in [-0.3, -0.25) is 4.79 Å². The maximum absolute atomic E-state index is 12.5. The summed E-state index contributed by atoms with van der Waals surface area (Å²) >= 11 is 0. The molecule has 1 fully saturated rings. The molecule has 1 aliphatic heterocycles. The highest BCUT2D eigenvalue weighted by Crippen LogP contribution is 2.31. The van der Waals surface area contributed by atoms with E-state index in [2.05, 4.69) is 30.6 Å². The van der Waals surface area contributed by atoms with Crippen LogP contribution in [0.5, 0.6) is 0 Å². The van der Waals surface area contributed by atoms with Crippen molar-refractivity contribution in [1.82, 2.24) is 5.32 Å². The van der Waals surface area contributed by atoms with Gasteiger partial charge in [0.2, 0.25) is 5.91 Å². The largest absolute Gasteiger partial charge is 0.324 e. The summed E-state index contributed by atoms with van der Waals surface area (Å²) in [6.07, 6.45) is 2.11. The Labute approximate surface area is 120 Å². The van der Waals surface area contributed by atoms with Crippen molar-refractivity contribution in [2.75, 3.05) is 11.9 Å². The second-order valence-corrected chi connectivity index (χ2v) is 6.08. The maximum atomic E-state index is 12.5. The molecule has 20 heavy (non-hydrogen) atoms. The van der Waals surface area contributed by atoms with Gasteiger partial charge in [0.25, 0.3) is 0 Å². The van der Waals surface area contributed by atoms with Crippen molar-refractivity contribution in [2.45, 2.75) is 39.7 Å². The molecule has 1 aromatic carbocycles. The highest BCUT2D eigenvalue weighted by atomic mass is 16.2. The number of carbonyl (C=O) groups is 1. The Morgan fingerprint density at radius 1 is 1.50 bits per heavy atom. The van der Waals surface area contributed by atoms with Crippen LogP contribution in [-0.2, 0) is 4.79 Å². The van der Waals surface area contributed by atoms with Crippen LogP contribution in [0.15, 0.2) is 18.2 Å². The summed E-state index contributed by atoms with van der Waals surface area (Å²) in [6.45, 7) is 6.94. The van der Waals surface area contributed by atoms with E-state index in [-0.39, 0.29) is 17.4 Å². The molecule has 0 bridgehead atoms. The minimum atomic E-state index is -0.219. The monoisotopic (exact) mass is 271 g/mol. The molecule has 1 saturated heterocycles. The van der Waals surface area contributed by atoms with Crippen LogP contribution in [0.4, 0.5) is 5.69 Å². The number of piperidine rings is 1. The van der Waals surface area contributed by atoms with E-state index in [0.717, 1.165) is 24.9 Å². The molecule has 1 aliphatic rings. The first-order valence-corrected chi connectivity index (χ1v) is 6.99. The number of anilines is 1. The number of aryl methyl sites for hydroxylation is 1. The molecule has 2 N–H and O–H groups in total. The van der Waals surface area contributed by atoms with Gasteiger partial charge in [-0.1, -0.05) is 26.0 Å². The lowest BCUT2D eigenvalue weighted by Crippen LogP contribution is -2.53. The number of hydrogen-bond donors (Lipinski definition) is 2. The Hall–Kier alpha value is -1.86. The van der Waals surface area contributed by atoms with Crippen LogP contribution in [-0.4, -0.2) is 18.5 Å². The molecular weight excluding hydrogens is 250 g/mol. The fourth-order valence-corrected chi connectivity index (χ4v) is 2.78. The van der Waals surface area contributed by atoms with Gasteiger partial charge in [0.05, 0.1) is 17.3 Å². The zero-order valence-electron chi connectivity index (χ0n) is 12.3. The third-order valence-corrected chi connectivity index (χ3v) is 4.03. The van der Waals surface area contributed by atoms with E-state index >= 15 is 0 Å². The van der Waals surface area contributed by atoms with Crippen LogP contribution < -0.4 is 10.6 Å². The third-order valence-electron chi connectivity index (χ3n) is 4.03. The third kappa shape index (κ3) is 2.83. The standard InChI is InChI=1S/C16H21N3O/c1-11-6-4-7-13(12(11)10-17)19-15(20)14-16(2,3)8-5-9-18-14/h4,6-7,14,18H,5,8-9H2,1-3H3,(H,19,20). The van der Waals surface area contributed by atoms with Gasteiger partial charge in [0, 0.05) is 0 Å². The van der Waals surface area contributed by atoms with Gasteiger partial charge in [-0.05, 0) is 43.4 Å². The van der Waals surface area contributed by atoms with Gasteiger partial charge in [-0.2, -0.15) is 5.26 Å². The Morgan fingerprint density at radius 2 is 2.25 bits per heavy atom. The lowest BCUT2D eigenvalue weighted by Gasteiger charge is -2.38. The number of carbonyl (C=O) groups excluding carboxylic acids is 1. The second-order valence-electron chi connectivity index (χ2n) is 6.08. The first kappa shape index (κ1) is 14.5. The summed E-state index contributed by atoms with van der Waals surface area (Å²) in [4.78, 5) is 12.5. The van der Waals surface area contributed by atoms with E-state index in [0.29, 0.717) is 11.3 Å². The summed E-state index contributed by atoms with van der Waals surface area (Å²) in [5.74, 6) is -0.0585. The van der Waals surface area contributed by atoms with E-state index in [1.54, 1.807) is 6.07 Å². The van der Waals surface area contributed by atoms with E-state index < -0.39 is 0 Å². The van der Waals surface area contributed by atoms with E-state index in [1.165, 1.54) is 0 Å². The van der Waals surface area contributed by atoms with E-state index in [9.17, 15) is 10.1 Å². The number of amides is 1. The first-order valence-electron chi connectivity index (χ1n) is 6.99. The van der Waals surface area contributed by atoms with Crippen molar-refractivity contribution in [3.63, 3.8) is 0 Å². The fourth-order valence-electron chi connectivity index (χ4n) is 2.78. The van der Waals surface area contributed by atoms with Crippen molar-refractivity contribution in [3.05, 3.63) is 29.3 Å². The summed E-state index contributed by atoms with van der Waals surface area (Å²) in [5.41, 5.74) is 1.94. The second kappa shape index (κ2) is 5.64. The van der Waals surface area contributed by atoms with Crippen molar-refractivity contribution >= 4 is 11.6 Å². The number of hydrogen-bond acceptors (Lipinski definition) is 3. The van der Waals surface area contributed by atoms with E-state index in [1.807, 2.05) is 19.1 Å². The Kier molecular flexibility index (Phi) is 4.10. The molecular formula is C16H21N3O. The molecule has 0 aliphatic carbocycles. The smallest absolute Gasteiger partial charge is 0.242 e. The highest BCUT2D eigenvalue weighted by Gasteiger charge is 2.37. The minimum absolute atomic E-state index is 0.0585. The van der Waals surface area contributed by atoms with Crippen LogP contribution in [0.2, 0.25) is 0 Å². The zero-order chi connectivity index (χ0) is 14.8. The average Bonchev–Trinajstić information content (AvgIpc) is 2.38. The highest BCUT2D eigenvalue weighted by molar-refractivity contribution is 5.96. The fraction of sp³-hybridized carbons (Fsp3) is 0.500. The molecule has 0 radical (unpaired) electrons. The van der Waals surface area contributed by atoms with E-state index in [4.69, 9.17) is 0 Å². The molecule has 2 rings (SSSR count). The van der Waals surface area contributed by atoms with Crippen LogP contribution in [0.3, 0.4) is 0 Å². The maximum Gasteiger partial charge on any atom is 0.242 e. The molecule has 0 aromatic heterocycles. The summed E-state index contributed by atoms with van der Waals surface area (Å²) in [6, 6.07) is 7.44. The summed E-state index contributed by atoms with van der Waals surface area (Å²) in [7, 11) is 0. The molecule has 1 atom stereocenters. The van der Waals surface area contributed by atoms with Gasteiger partial charge < -0.3 is 10.6 Å². The molecule has 0 spiro atoms. The van der Waals surface area contributed by atoms with Crippen LogP contribution in [0.1, 0.15) is 37.8 Å². The van der Waals surface area contributed by atoms with Crippen LogP contribution >= 0.6 is 0 Å². The molecule has 0 saturated carbocycles. The predicted octanol–water partition coefficient (Wildman–Crippen LogP) is 2.58. The van der Waals surface area contributed by atoms with Crippen molar-refractivity contribution < 1.29 is 4.79 Å². The Balaban J connectivity index is 2.20. The van der Waals surface area contributed by atoms with Crippen molar-refractivity contribution in [1.29, 1.82) is 5.26 Å². The summed E-state index contributed by atoms with van der Waals surface area (Å²) < 4.78 is 0. The first-order chi connectivity index (χ1) is 9.45. The van der Waals surface area contributed by atoms with Crippen molar-refractivity contribution in [2.24, 2.45) is 5.41 Å². The zero-order valence-corrected chi connectivity index (χ0v) is 12.3. The molecule has 4 nitrogen and oxygen atoms in total. The molecule has 1 heterocycles. The Bertz CT molecular complexity index is 557. The number of nitrogens with one attached hydrogen (secondary N) is 2. The summed E-state index contributed by atoms with van der Waals surface area (Å²) in [5, 5.41) is 15.4. The average molecular weight is 271 g/mol. The lowest BCUT2D eigenvalue weighted by molar-refractivity contribution is -0.121. The lowest BCUT2D eigenvalue weighted by atomic mass is 9.77. The SMILES string of the molecule is Cc1cccc(NC(=O)C2NCCCC2(C)C)c1C#N. The minimum Gasteiger partial charge on any atom is -0.324 e. The molecule has 1 aromatic rings. The number of nitrogens with zero attached hydrogens (tertiary/aromatic N) is 1. The molecule has 1 amide bonds. The number of benzene rings is 1. The predicted molar refractivity (Wildman–Crippen MR) is 79.3 cm³/mol. The molecule has 4 heteroatoms. The van der Waals surface area contributed by atoms with Gasteiger partial charge >= 0.3 is 0 Å². The topological polar surface area (TPSA) is 64.9 Å². The molecule has 1 unspecified atom stereocenters. The van der Waals surface area contributed by atoms with Gasteiger partial charge in [-0.25, -0.2) is 0 Å². The van der Waals surface area contributed by atoms with Gasteiger partial charge in [0.15, 0.2) is 0 Å². The quantitative estimate of drug-likeness (QED) is 0.869. The molecule has 106 valence electrons. The normalized spacial score (nSPS) is 21.0. The Morgan fingerprint density at radius 3 is 2.90 bits per heavy atom. The van der Waals surface area contributed by atoms with Crippen LogP contribution in [0.25, 0.3) is 0 Å². The van der Waals surface area contributed by atoms with Crippen molar-refractivity contribution in [3.8, 4) is 6.07 Å².